The van der Waals surface area contributed by atoms with E-state index < -0.39 is 23.3 Å². The molecule has 0 unspecified atom stereocenters. The van der Waals surface area contributed by atoms with Crippen LogP contribution in [0.5, 0.6) is 5.75 Å². The Hall–Kier alpha value is -2.98. The normalized spacial score (nSPS) is 12.3. The van der Waals surface area contributed by atoms with Gasteiger partial charge in [0.05, 0.1) is 26.5 Å². The largest absolute Gasteiger partial charge is 0.478 e. The molecule has 34 heavy (non-hydrogen) atoms. The summed E-state index contributed by atoms with van der Waals surface area (Å²) < 4.78 is 45.0. The van der Waals surface area contributed by atoms with Gasteiger partial charge in [0.2, 0.25) is 0 Å². The van der Waals surface area contributed by atoms with Crippen molar-refractivity contribution in [3.63, 3.8) is 0 Å². The molecule has 0 spiro atoms. The molecule has 0 atom stereocenters. The standard InChI is InChI=1S/C24H21F3N2O3S2/c1-13-18(33-21(28-13)14-7-9-15(10-8-14)24(25,26)27)11-12-19-29-16-5-4-6-17(20(16)34-19)32-23(2,3)22(30)31/h4-10H,11-12H2,1-3H3,(H,30,31). The minimum Gasteiger partial charge on any atom is -0.478 e. The van der Waals surface area contributed by atoms with Crippen molar-refractivity contribution < 1.29 is 27.8 Å². The van der Waals surface area contributed by atoms with Gasteiger partial charge in [-0.2, -0.15) is 13.2 Å². The Bertz CT molecular complexity index is 1340. The molecule has 0 bridgehead atoms. The number of halogens is 3. The number of nitrogens with zero attached hydrogens (tertiary/aromatic N) is 2. The molecule has 0 aliphatic heterocycles. The van der Waals surface area contributed by atoms with Gasteiger partial charge in [-0.1, -0.05) is 18.2 Å². The quantitative estimate of drug-likeness (QED) is 0.299. The van der Waals surface area contributed by atoms with Gasteiger partial charge in [0.15, 0.2) is 5.60 Å². The lowest BCUT2D eigenvalue weighted by molar-refractivity contribution is -0.152. The minimum atomic E-state index is -4.37. The number of hydrogen-bond donors (Lipinski definition) is 1. The van der Waals surface area contributed by atoms with Crippen molar-refractivity contribution in [3.8, 4) is 16.3 Å². The molecule has 0 aliphatic carbocycles. The van der Waals surface area contributed by atoms with E-state index in [1.807, 2.05) is 13.0 Å². The molecule has 2 aromatic carbocycles. The van der Waals surface area contributed by atoms with Crippen molar-refractivity contribution in [3.05, 3.63) is 63.6 Å². The Morgan fingerprint density at radius 3 is 2.38 bits per heavy atom. The maximum atomic E-state index is 12.8. The third-order valence-electron chi connectivity index (χ3n) is 5.22. The van der Waals surface area contributed by atoms with Gasteiger partial charge in [-0.05, 0) is 51.5 Å². The predicted molar refractivity (Wildman–Crippen MR) is 127 cm³/mol. The summed E-state index contributed by atoms with van der Waals surface area (Å²) in [6.45, 7) is 4.88. The lowest BCUT2D eigenvalue weighted by atomic mass is 10.1. The van der Waals surface area contributed by atoms with E-state index in [1.54, 1.807) is 12.1 Å². The molecule has 0 aliphatic rings. The average molecular weight is 507 g/mol. The summed E-state index contributed by atoms with van der Waals surface area (Å²) in [7, 11) is 0. The zero-order valence-electron chi connectivity index (χ0n) is 18.6. The number of benzene rings is 2. The van der Waals surface area contributed by atoms with Crippen LogP contribution >= 0.6 is 22.7 Å². The van der Waals surface area contributed by atoms with Crippen LogP contribution in [0.15, 0.2) is 42.5 Å². The van der Waals surface area contributed by atoms with E-state index in [1.165, 1.54) is 48.7 Å². The summed E-state index contributed by atoms with van der Waals surface area (Å²) in [5.41, 5.74) is 0.177. The molecule has 0 saturated heterocycles. The molecule has 0 amide bonds. The predicted octanol–water partition coefficient (Wildman–Crippen LogP) is 6.77. The first-order chi connectivity index (χ1) is 15.9. The monoisotopic (exact) mass is 506 g/mol. The van der Waals surface area contributed by atoms with E-state index in [9.17, 15) is 23.1 Å². The van der Waals surface area contributed by atoms with E-state index in [0.717, 1.165) is 37.9 Å². The van der Waals surface area contributed by atoms with Crippen molar-refractivity contribution in [2.45, 2.75) is 45.4 Å². The lowest BCUT2D eigenvalue weighted by Gasteiger charge is -2.21. The SMILES string of the molecule is Cc1nc(-c2ccc(C(F)(F)F)cc2)sc1CCc1nc2cccc(OC(C)(C)C(=O)O)c2s1. The summed E-state index contributed by atoms with van der Waals surface area (Å²) in [5.74, 6) is -0.578. The lowest BCUT2D eigenvalue weighted by Crippen LogP contribution is -2.37. The van der Waals surface area contributed by atoms with Crippen molar-refractivity contribution in [1.29, 1.82) is 0 Å². The van der Waals surface area contributed by atoms with Crippen LogP contribution in [0.4, 0.5) is 13.2 Å². The summed E-state index contributed by atoms with van der Waals surface area (Å²) in [6, 6.07) is 10.4. The van der Waals surface area contributed by atoms with Gasteiger partial charge < -0.3 is 9.84 Å². The van der Waals surface area contributed by atoms with E-state index in [2.05, 4.69) is 9.97 Å². The Labute approximate surface area is 201 Å². The zero-order chi connectivity index (χ0) is 24.7. The van der Waals surface area contributed by atoms with Crippen LogP contribution < -0.4 is 4.74 Å². The fourth-order valence-corrected chi connectivity index (χ4v) is 5.36. The summed E-state index contributed by atoms with van der Waals surface area (Å²) in [5, 5.41) is 10.9. The van der Waals surface area contributed by atoms with E-state index in [-0.39, 0.29) is 0 Å². The topological polar surface area (TPSA) is 72.3 Å². The van der Waals surface area contributed by atoms with Crippen LogP contribution in [0.3, 0.4) is 0 Å². The highest BCUT2D eigenvalue weighted by Gasteiger charge is 2.31. The molecule has 0 radical (unpaired) electrons. The summed E-state index contributed by atoms with van der Waals surface area (Å²) in [6.07, 6.45) is -3.04. The van der Waals surface area contributed by atoms with E-state index in [4.69, 9.17) is 4.74 Å². The van der Waals surface area contributed by atoms with E-state index in [0.29, 0.717) is 29.2 Å². The number of carboxylic acid groups (broad SMARTS) is 1. The Morgan fingerprint density at radius 1 is 1.03 bits per heavy atom. The van der Waals surface area contributed by atoms with Crippen molar-refractivity contribution in [2.24, 2.45) is 0 Å². The molecule has 4 rings (SSSR count). The number of aliphatic carboxylic acids is 1. The molecular formula is C24H21F3N2O3S2. The second-order valence-electron chi connectivity index (χ2n) is 8.23. The van der Waals surface area contributed by atoms with Crippen LogP contribution in [0.2, 0.25) is 0 Å². The van der Waals surface area contributed by atoms with Gasteiger partial charge in [-0.3, -0.25) is 0 Å². The number of alkyl halides is 3. The third kappa shape index (κ3) is 5.07. The molecule has 0 fully saturated rings. The number of aryl methyl sites for hydroxylation is 3. The van der Waals surface area contributed by atoms with Crippen LogP contribution in [0.1, 0.15) is 35.0 Å². The Balaban J connectivity index is 1.51. The minimum absolute atomic E-state index is 0.479. The molecule has 10 heteroatoms. The highest BCUT2D eigenvalue weighted by molar-refractivity contribution is 7.19. The van der Waals surface area contributed by atoms with Gasteiger partial charge in [0, 0.05) is 16.9 Å². The van der Waals surface area contributed by atoms with Gasteiger partial charge in [-0.25, -0.2) is 14.8 Å². The number of carbonyl (C=O) groups is 1. The molecule has 1 N–H and O–H groups in total. The Kier molecular flexibility index (Phi) is 6.39. The van der Waals surface area contributed by atoms with Gasteiger partial charge in [0.25, 0.3) is 0 Å². The smallest absolute Gasteiger partial charge is 0.416 e. The number of carboxylic acids is 1. The number of rotatable bonds is 7. The first kappa shape index (κ1) is 24.2. The van der Waals surface area contributed by atoms with Gasteiger partial charge >= 0.3 is 12.1 Å². The number of hydrogen-bond acceptors (Lipinski definition) is 6. The summed E-state index contributed by atoms with van der Waals surface area (Å²) in [4.78, 5) is 21.7. The number of ether oxygens (including phenoxy) is 1. The highest BCUT2D eigenvalue weighted by atomic mass is 32.1. The first-order valence-electron chi connectivity index (χ1n) is 10.4. The van der Waals surface area contributed by atoms with Crippen LogP contribution in [0.25, 0.3) is 20.8 Å². The van der Waals surface area contributed by atoms with Gasteiger partial charge in [-0.15, -0.1) is 22.7 Å². The fourth-order valence-electron chi connectivity index (χ4n) is 3.28. The molecule has 4 aromatic rings. The van der Waals surface area contributed by atoms with Crippen molar-refractivity contribution in [2.75, 3.05) is 0 Å². The van der Waals surface area contributed by atoms with Crippen molar-refractivity contribution in [1.82, 2.24) is 9.97 Å². The Morgan fingerprint density at radius 2 is 1.74 bits per heavy atom. The second-order valence-corrected chi connectivity index (χ2v) is 10.4. The first-order valence-corrected chi connectivity index (χ1v) is 12.0. The zero-order valence-corrected chi connectivity index (χ0v) is 20.2. The molecule has 0 saturated carbocycles. The second kappa shape index (κ2) is 8.99. The maximum absolute atomic E-state index is 12.8. The number of thiazole rings is 2. The number of fused-ring (bicyclic) bond motifs is 1. The molecular weight excluding hydrogens is 485 g/mol. The van der Waals surface area contributed by atoms with Crippen LogP contribution in [-0.2, 0) is 23.8 Å². The molecule has 5 nitrogen and oxygen atoms in total. The average Bonchev–Trinajstić information content (AvgIpc) is 3.35. The van der Waals surface area contributed by atoms with Crippen LogP contribution in [-0.4, -0.2) is 26.6 Å². The third-order valence-corrected chi connectivity index (χ3v) is 7.63. The highest BCUT2D eigenvalue weighted by Crippen LogP contribution is 2.36. The molecule has 2 heterocycles. The van der Waals surface area contributed by atoms with Crippen LogP contribution in [0, 0.1) is 6.92 Å². The summed E-state index contributed by atoms with van der Waals surface area (Å²) >= 11 is 2.92. The molecule has 178 valence electrons. The maximum Gasteiger partial charge on any atom is 0.416 e. The number of aromatic nitrogens is 2. The van der Waals surface area contributed by atoms with E-state index >= 15 is 0 Å². The van der Waals surface area contributed by atoms with Gasteiger partial charge in [0.1, 0.15) is 10.8 Å². The van der Waals surface area contributed by atoms with Crippen molar-refractivity contribution >= 4 is 38.9 Å². The molecule has 2 aromatic heterocycles. The fraction of sp³-hybridized carbons (Fsp3) is 0.292.